The minimum Gasteiger partial charge on any atom is -0.454 e. The average Bonchev–Trinajstić information content (AvgIpc) is 2.71. The molecule has 0 radical (unpaired) electrons. The van der Waals surface area contributed by atoms with Crippen LogP contribution in [0, 0.1) is 23.2 Å². The van der Waals surface area contributed by atoms with Gasteiger partial charge in [0.15, 0.2) is 6.61 Å². The Morgan fingerprint density at radius 2 is 1.96 bits per heavy atom. The van der Waals surface area contributed by atoms with E-state index in [1.54, 1.807) is 24.3 Å². The number of esters is 1. The molecule has 1 saturated carbocycles. The number of hydrogen-bond acceptors (Lipinski definition) is 5. The van der Waals surface area contributed by atoms with Gasteiger partial charge >= 0.3 is 5.97 Å². The van der Waals surface area contributed by atoms with Gasteiger partial charge in [-0.25, -0.2) is 0 Å². The minimum absolute atomic E-state index is 0.0116. The third-order valence-corrected chi connectivity index (χ3v) is 5.87. The molecule has 3 rings (SSSR count). The van der Waals surface area contributed by atoms with E-state index in [1.807, 2.05) is 11.0 Å². The van der Waals surface area contributed by atoms with Crippen molar-refractivity contribution in [3.05, 3.63) is 29.8 Å². The van der Waals surface area contributed by atoms with Crippen LogP contribution in [-0.2, 0) is 14.3 Å². The lowest BCUT2D eigenvalue weighted by molar-refractivity contribution is -0.154. The number of nitrogens with one attached hydrogen (secondary N) is 1. The highest BCUT2D eigenvalue weighted by Crippen LogP contribution is 2.38. The van der Waals surface area contributed by atoms with Gasteiger partial charge in [-0.15, -0.1) is 0 Å². The van der Waals surface area contributed by atoms with Crippen LogP contribution in [0.25, 0.3) is 0 Å². The topological polar surface area (TPSA) is 82.4 Å². The number of ether oxygens (including phenoxy) is 1. The highest BCUT2D eigenvalue weighted by molar-refractivity contribution is 5.82. The van der Waals surface area contributed by atoms with Crippen LogP contribution in [-0.4, -0.2) is 42.5 Å². The maximum absolute atomic E-state index is 12.6. The Balaban J connectivity index is 1.45. The maximum Gasteiger partial charge on any atom is 0.325 e. The molecule has 1 saturated heterocycles. The molecule has 27 heavy (non-hydrogen) atoms. The Hall–Kier alpha value is -2.55. The van der Waals surface area contributed by atoms with Gasteiger partial charge in [0, 0.05) is 18.3 Å². The molecule has 1 aromatic carbocycles. The fraction of sp³-hybridized carbons (Fsp3) is 0.571. The summed E-state index contributed by atoms with van der Waals surface area (Å²) in [5.41, 5.74) is 1.29. The number of likely N-dealkylation sites (tertiary alicyclic amines) is 1. The average molecular weight is 369 g/mol. The molecule has 6 nitrogen and oxygen atoms in total. The maximum atomic E-state index is 12.6. The molecule has 2 aliphatic rings. The third kappa shape index (κ3) is 4.79. The first-order chi connectivity index (χ1) is 13.1. The van der Waals surface area contributed by atoms with Crippen LogP contribution in [0.5, 0.6) is 0 Å². The smallest absolute Gasteiger partial charge is 0.325 e. The Morgan fingerprint density at radius 3 is 2.70 bits per heavy atom. The van der Waals surface area contributed by atoms with E-state index < -0.39 is 5.97 Å². The Kier molecular flexibility index (Phi) is 6.33. The number of hydrogen-bond donors (Lipinski definition) is 1. The van der Waals surface area contributed by atoms with Crippen LogP contribution in [0.1, 0.15) is 44.6 Å². The summed E-state index contributed by atoms with van der Waals surface area (Å²) >= 11 is 0. The normalized spacial score (nSPS) is 24.4. The number of benzene rings is 1. The molecule has 1 amide bonds. The van der Waals surface area contributed by atoms with Crippen LogP contribution >= 0.6 is 0 Å². The van der Waals surface area contributed by atoms with Gasteiger partial charge < -0.3 is 15.0 Å². The number of carbonyl (C=O) groups is 2. The van der Waals surface area contributed by atoms with Crippen molar-refractivity contribution < 1.29 is 14.3 Å². The van der Waals surface area contributed by atoms with Crippen molar-refractivity contribution in [2.24, 2.45) is 11.8 Å². The van der Waals surface area contributed by atoms with Crippen molar-refractivity contribution >= 4 is 17.6 Å². The molecule has 0 bridgehead atoms. The van der Waals surface area contributed by atoms with E-state index in [9.17, 15) is 9.59 Å². The highest BCUT2D eigenvalue weighted by Gasteiger charge is 2.39. The number of fused-ring (bicyclic) bond motifs is 1. The monoisotopic (exact) mass is 369 g/mol. The number of piperidine rings is 1. The second-order valence-electron chi connectivity index (χ2n) is 7.57. The highest BCUT2D eigenvalue weighted by atomic mass is 16.5. The molecule has 6 heteroatoms. The fourth-order valence-electron chi connectivity index (χ4n) is 4.34. The number of amides is 1. The zero-order chi connectivity index (χ0) is 19.2. The van der Waals surface area contributed by atoms with Crippen molar-refractivity contribution in [3.8, 4) is 6.07 Å². The van der Waals surface area contributed by atoms with Crippen LogP contribution in [0.2, 0.25) is 0 Å². The third-order valence-electron chi connectivity index (χ3n) is 5.87. The second-order valence-corrected chi connectivity index (χ2v) is 7.57. The summed E-state index contributed by atoms with van der Waals surface area (Å²) in [5.74, 6) is 0.715. The van der Waals surface area contributed by atoms with Crippen molar-refractivity contribution in [3.63, 3.8) is 0 Å². The predicted octanol–water partition coefficient (Wildman–Crippen LogP) is 2.94. The van der Waals surface area contributed by atoms with Crippen LogP contribution in [0.4, 0.5) is 5.69 Å². The molecule has 1 heterocycles. The number of carbonyl (C=O) groups excluding carboxylic acids is 2. The molecule has 0 aromatic heterocycles. The lowest BCUT2D eigenvalue weighted by atomic mass is 9.72. The number of nitrogens with zero attached hydrogens (tertiary/aromatic N) is 2. The number of anilines is 1. The summed E-state index contributed by atoms with van der Waals surface area (Å²) in [6.45, 7) is 2.86. The van der Waals surface area contributed by atoms with Crippen molar-refractivity contribution in [1.82, 2.24) is 4.90 Å². The summed E-state index contributed by atoms with van der Waals surface area (Å²) < 4.78 is 5.19. The number of nitriles is 1. The van der Waals surface area contributed by atoms with Gasteiger partial charge in [0.05, 0.1) is 11.6 Å². The van der Waals surface area contributed by atoms with Gasteiger partial charge in [0.1, 0.15) is 6.54 Å². The molecule has 1 aliphatic carbocycles. The van der Waals surface area contributed by atoms with Gasteiger partial charge in [-0.2, -0.15) is 5.26 Å². The minimum atomic E-state index is -0.460. The lowest BCUT2D eigenvalue weighted by Crippen LogP contribution is -2.53. The van der Waals surface area contributed by atoms with E-state index in [4.69, 9.17) is 10.00 Å². The van der Waals surface area contributed by atoms with E-state index in [0.717, 1.165) is 25.1 Å². The molecule has 3 atom stereocenters. The van der Waals surface area contributed by atoms with Crippen LogP contribution in [0.3, 0.4) is 0 Å². The van der Waals surface area contributed by atoms with Crippen LogP contribution < -0.4 is 5.32 Å². The largest absolute Gasteiger partial charge is 0.454 e. The Labute approximate surface area is 160 Å². The van der Waals surface area contributed by atoms with Crippen molar-refractivity contribution in [2.45, 2.75) is 45.1 Å². The van der Waals surface area contributed by atoms with Gasteiger partial charge in [0.2, 0.25) is 0 Å². The van der Waals surface area contributed by atoms with Crippen LogP contribution in [0.15, 0.2) is 24.3 Å². The first kappa shape index (κ1) is 19.2. The summed E-state index contributed by atoms with van der Waals surface area (Å²) in [6, 6.07) is 9.17. The molecule has 1 aliphatic heterocycles. The molecule has 144 valence electrons. The summed E-state index contributed by atoms with van der Waals surface area (Å²) in [4.78, 5) is 26.5. The van der Waals surface area contributed by atoms with E-state index >= 15 is 0 Å². The van der Waals surface area contributed by atoms with Crippen molar-refractivity contribution in [1.29, 1.82) is 5.26 Å². The fourth-order valence-corrected chi connectivity index (χ4v) is 4.34. The van der Waals surface area contributed by atoms with Gasteiger partial charge in [-0.3, -0.25) is 9.59 Å². The molecule has 1 aromatic rings. The van der Waals surface area contributed by atoms with E-state index in [0.29, 0.717) is 23.4 Å². The van der Waals surface area contributed by atoms with E-state index in [1.165, 1.54) is 19.3 Å². The second kappa shape index (κ2) is 8.90. The molecular weight excluding hydrogens is 342 g/mol. The predicted molar refractivity (Wildman–Crippen MR) is 102 cm³/mol. The molecule has 0 spiro atoms. The zero-order valence-electron chi connectivity index (χ0n) is 15.8. The Bertz CT molecular complexity index is 710. The van der Waals surface area contributed by atoms with E-state index in [2.05, 4.69) is 12.2 Å². The van der Waals surface area contributed by atoms with Crippen molar-refractivity contribution in [2.75, 3.05) is 25.0 Å². The Morgan fingerprint density at radius 1 is 1.22 bits per heavy atom. The van der Waals surface area contributed by atoms with Gasteiger partial charge in [-0.05, 0) is 55.4 Å². The first-order valence-corrected chi connectivity index (χ1v) is 9.77. The molecule has 2 fully saturated rings. The zero-order valence-corrected chi connectivity index (χ0v) is 15.8. The SMILES string of the molecule is CC1CCN(C(=O)COC(=O)CNc2ccc(C#N)cc2)C2CCCCC12. The van der Waals surface area contributed by atoms with Gasteiger partial charge in [-0.1, -0.05) is 19.8 Å². The summed E-state index contributed by atoms with van der Waals surface area (Å²) in [7, 11) is 0. The molecular formula is C21H27N3O3. The lowest BCUT2D eigenvalue weighted by Gasteiger charge is -2.47. The summed E-state index contributed by atoms with van der Waals surface area (Å²) in [6.07, 6.45) is 5.72. The molecule has 1 N–H and O–H groups in total. The van der Waals surface area contributed by atoms with Gasteiger partial charge in [0.25, 0.3) is 5.91 Å². The quantitative estimate of drug-likeness (QED) is 0.807. The molecule has 3 unspecified atom stereocenters. The number of rotatable bonds is 5. The first-order valence-electron chi connectivity index (χ1n) is 9.77. The summed E-state index contributed by atoms with van der Waals surface area (Å²) in [5, 5.41) is 11.7. The van der Waals surface area contributed by atoms with E-state index in [-0.39, 0.29) is 19.1 Å². The standard InChI is InChI=1S/C21H27N3O3/c1-15-10-11-24(19-5-3-2-4-18(15)19)20(25)14-27-21(26)13-23-17-8-6-16(12-22)7-9-17/h6-9,15,18-19,23H,2-5,10-11,13-14H2,1H3.